The summed E-state index contributed by atoms with van der Waals surface area (Å²) in [6, 6.07) is 0. The van der Waals surface area contributed by atoms with Gasteiger partial charge in [0.15, 0.2) is 0 Å². The Morgan fingerprint density at radius 2 is 1.47 bits per heavy atom. The number of carboxylic acid groups (broad SMARTS) is 2. The molecule has 6 heteroatoms. The van der Waals surface area contributed by atoms with Crippen molar-refractivity contribution in [3.63, 3.8) is 0 Å². The lowest BCUT2D eigenvalue weighted by molar-refractivity contribution is -0.239. The molecule has 0 heterocycles. The average molecular weight is 503 g/mol. The van der Waals surface area contributed by atoms with Crippen molar-refractivity contribution in [2.75, 3.05) is 0 Å². The minimum Gasteiger partial charge on any atom is -0.481 e. The van der Waals surface area contributed by atoms with E-state index in [-0.39, 0.29) is 34.0 Å². The molecule has 0 amide bonds. The number of rotatable bonds is 2. The van der Waals surface area contributed by atoms with Gasteiger partial charge in [-0.2, -0.15) is 0 Å². The SMILES string of the molecule is CC1(C)CC[C@]2(C(=O)O)CC[C@]3(C)C(=CC[C@@H]4[C@]5(C)C[C@H](O)[C@H](O)[C@](C)(C(=O)O)[C@@H]5CC[C@@]43C)[C@H]2C1. The highest BCUT2D eigenvalue weighted by Gasteiger charge is 2.71. The number of allylic oxidation sites excluding steroid dienone is 2. The smallest absolute Gasteiger partial charge is 0.312 e. The fraction of sp³-hybridized carbons (Fsp3) is 0.867. The van der Waals surface area contributed by atoms with Crippen LogP contribution in [0.2, 0.25) is 0 Å². The first-order valence-electron chi connectivity index (χ1n) is 14.0. The predicted octanol–water partition coefficient (Wildman–Crippen LogP) is 5.27. The van der Waals surface area contributed by atoms with Gasteiger partial charge in [-0.15, -0.1) is 0 Å². The van der Waals surface area contributed by atoms with Crippen molar-refractivity contribution in [2.24, 2.45) is 50.2 Å². The van der Waals surface area contributed by atoms with Crippen molar-refractivity contribution >= 4 is 11.9 Å². The second-order valence-electron chi connectivity index (χ2n) is 15.0. The van der Waals surface area contributed by atoms with E-state index in [9.17, 15) is 30.0 Å². The molecular weight excluding hydrogens is 456 g/mol. The quantitative estimate of drug-likeness (QED) is 0.383. The van der Waals surface area contributed by atoms with E-state index in [0.29, 0.717) is 19.3 Å². The van der Waals surface area contributed by atoms with Crippen LogP contribution in [0.5, 0.6) is 0 Å². The van der Waals surface area contributed by atoms with E-state index in [2.05, 4.69) is 40.7 Å². The normalized spacial score (nSPS) is 53.7. The van der Waals surface area contributed by atoms with Gasteiger partial charge in [0.25, 0.3) is 0 Å². The van der Waals surface area contributed by atoms with Crippen LogP contribution in [0.1, 0.15) is 99.3 Å². The van der Waals surface area contributed by atoms with Crippen molar-refractivity contribution in [1.82, 2.24) is 0 Å². The van der Waals surface area contributed by atoms with E-state index in [4.69, 9.17) is 0 Å². The Bertz CT molecular complexity index is 1020. The van der Waals surface area contributed by atoms with Gasteiger partial charge in [-0.05, 0) is 104 Å². The van der Waals surface area contributed by atoms with Crippen LogP contribution in [-0.4, -0.2) is 44.6 Å². The lowest BCUT2D eigenvalue weighted by atomic mass is 9.33. The molecule has 0 aliphatic heterocycles. The first-order valence-corrected chi connectivity index (χ1v) is 14.0. The molecule has 36 heavy (non-hydrogen) atoms. The van der Waals surface area contributed by atoms with E-state index >= 15 is 0 Å². The molecule has 5 aliphatic rings. The van der Waals surface area contributed by atoms with Gasteiger partial charge in [-0.3, -0.25) is 9.59 Å². The molecule has 5 rings (SSSR count). The molecule has 5 aliphatic carbocycles. The Kier molecular flexibility index (Phi) is 5.53. The summed E-state index contributed by atoms with van der Waals surface area (Å²) < 4.78 is 0. The Labute approximate surface area is 215 Å². The monoisotopic (exact) mass is 502 g/mol. The largest absolute Gasteiger partial charge is 0.481 e. The van der Waals surface area contributed by atoms with Gasteiger partial charge in [-0.1, -0.05) is 46.3 Å². The number of aliphatic carboxylic acids is 2. The lowest BCUT2D eigenvalue weighted by Crippen LogP contribution is -2.68. The Morgan fingerprint density at radius 1 is 0.833 bits per heavy atom. The van der Waals surface area contributed by atoms with Crippen LogP contribution in [0.4, 0.5) is 0 Å². The average Bonchev–Trinajstić information content (AvgIpc) is 2.77. The molecule has 4 fully saturated rings. The molecule has 4 N–H and O–H groups in total. The second kappa shape index (κ2) is 7.59. The highest BCUT2D eigenvalue weighted by molar-refractivity contribution is 5.77. The summed E-state index contributed by atoms with van der Waals surface area (Å²) in [4.78, 5) is 25.3. The Balaban J connectivity index is 1.62. The molecule has 0 unspecified atom stereocenters. The standard InChI is InChI=1S/C30H46O6/c1-25(2)11-13-30(24(35)36)14-12-27(4)17(18(30)15-25)7-8-20-26(3)16-19(31)22(32)29(6,23(33)34)21(26)9-10-28(20,27)5/h7,18-22,31-32H,8-16H2,1-6H3,(H,33,34)(H,35,36)/t18-,19+,20-,21-,22+,26+,27-,28+,29-,30+/m1/s1. The number of carbonyl (C=O) groups is 2. The third-order valence-corrected chi connectivity index (χ3v) is 13.1. The molecule has 6 nitrogen and oxygen atoms in total. The lowest BCUT2D eigenvalue weighted by Gasteiger charge is -2.71. The van der Waals surface area contributed by atoms with Gasteiger partial charge in [0.1, 0.15) is 0 Å². The van der Waals surface area contributed by atoms with Crippen molar-refractivity contribution in [1.29, 1.82) is 0 Å². The molecular formula is C30H46O6. The van der Waals surface area contributed by atoms with E-state index in [1.165, 1.54) is 5.57 Å². The number of carboxylic acids is 2. The third-order valence-electron chi connectivity index (χ3n) is 13.1. The van der Waals surface area contributed by atoms with Crippen LogP contribution in [0.3, 0.4) is 0 Å². The van der Waals surface area contributed by atoms with Gasteiger partial charge < -0.3 is 20.4 Å². The Hall–Kier alpha value is -1.40. The minimum atomic E-state index is -1.39. The zero-order chi connectivity index (χ0) is 26.7. The zero-order valence-corrected chi connectivity index (χ0v) is 22.9. The van der Waals surface area contributed by atoms with Crippen LogP contribution in [-0.2, 0) is 9.59 Å². The first-order chi connectivity index (χ1) is 16.5. The van der Waals surface area contributed by atoms with Crippen molar-refractivity contribution < 1.29 is 30.0 Å². The fourth-order valence-corrected chi connectivity index (χ4v) is 10.7. The first kappa shape index (κ1) is 26.2. The molecule has 4 saturated carbocycles. The van der Waals surface area contributed by atoms with Crippen molar-refractivity contribution in [2.45, 2.75) is 112 Å². The van der Waals surface area contributed by atoms with Gasteiger partial charge in [0.05, 0.1) is 23.0 Å². The number of hydrogen-bond donors (Lipinski definition) is 4. The van der Waals surface area contributed by atoms with E-state index in [1.54, 1.807) is 6.92 Å². The fourth-order valence-electron chi connectivity index (χ4n) is 10.7. The summed E-state index contributed by atoms with van der Waals surface area (Å²) in [7, 11) is 0. The van der Waals surface area contributed by atoms with Crippen LogP contribution in [0.25, 0.3) is 0 Å². The van der Waals surface area contributed by atoms with Crippen LogP contribution in [0.15, 0.2) is 11.6 Å². The van der Waals surface area contributed by atoms with E-state index < -0.39 is 40.4 Å². The number of fused-ring (bicyclic) bond motifs is 7. The minimum absolute atomic E-state index is 0.0314. The number of aliphatic hydroxyl groups is 2. The topological polar surface area (TPSA) is 115 Å². The summed E-state index contributed by atoms with van der Waals surface area (Å²) >= 11 is 0. The van der Waals surface area contributed by atoms with Crippen molar-refractivity contribution in [3.8, 4) is 0 Å². The molecule has 0 aromatic rings. The number of hydrogen-bond acceptors (Lipinski definition) is 4. The maximum atomic E-state index is 12.8. The summed E-state index contributed by atoms with van der Waals surface area (Å²) in [5.74, 6) is -1.71. The molecule has 0 radical (unpaired) electrons. The summed E-state index contributed by atoms with van der Waals surface area (Å²) in [5, 5.41) is 42.6. The maximum Gasteiger partial charge on any atom is 0.312 e. The predicted molar refractivity (Wildman–Crippen MR) is 136 cm³/mol. The van der Waals surface area contributed by atoms with Gasteiger partial charge in [0.2, 0.25) is 0 Å². The van der Waals surface area contributed by atoms with Gasteiger partial charge in [0, 0.05) is 0 Å². The molecule has 0 spiro atoms. The molecule has 202 valence electrons. The van der Waals surface area contributed by atoms with Crippen LogP contribution in [0, 0.1) is 50.2 Å². The summed E-state index contributed by atoms with van der Waals surface area (Å²) in [5.41, 5.74) is -1.36. The number of aliphatic hydroxyl groups excluding tert-OH is 2. The molecule has 0 aromatic carbocycles. The zero-order valence-electron chi connectivity index (χ0n) is 22.9. The molecule has 0 aromatic heterocycles. The summed E-state index contributed by atoms with van der Waals surface area (Å²) in [6.45, 7) is 13.0. The van der Waals surface area contributed by atoms with E-state index in [1.807, 2.05) is 0 Å². The molecule has 0 saturated heterocycles. The summed E-state index contributed by atoms with van der Waals surface area (Å²) in [6.07, 6.45) is 6.80. The third kappa shape index (κ3) is 2.98. The highest BCUT2D eigenvalue weighted by atomic mass is 16.4. The van der Waals surface area contributed by atoms with E-state index in [0.717, 1.165) is 38.5 Å². The highest BCUT2D eigenvalue weighted by Crippen LogP contribution is 2.75. The van der Waals surface area contributed by atoms with Crippen molar-refractivity contribution in [3.05, 3.63) is 11.6 Å². The maximum absolute atomic E-state index is 12.8. The van der Waals surface area contributed by atoms with Crippen LogP contribution >= 0.6 is 0 Å². The molecule has 0 bridgehead atoms. The Morgan fingerprint density at radius 3 is 2.08 bits per heavy atom. The van der Waals surface area contributed by atoms with Gasteiger partial charge >= 0.3 is 11.9 Å². The molecule has 10 atom stereocenters. The van der Waals surface area contributed by atoms with Gasteiger partial charge in [-0.25, -0.2) is 0 Å². The second-order valence-corrected chi connectivity index (χ2v) is 15.0. The van der Waals surface area contributed by atoms with Crippen LogP contribution < -0.4 is 0 Å².